The molecule has 0 amide bonds. The minimum atomic E-state index is -4.17. The van der Waals surface area contributed by atoms with Crippen LogP contribution in [-0.4, -0.2) is 57.8 Å². The second-order valence-electron chi connectivity index (χ2n) is 2.75. The van der Waals surface area contributed by atoms with E-state index < -0.39 is 10.4 Å². The molecule has 0 radical (unpaired) electrons. The molecule has 0 atom stereocenters. The molecule has 86 valence electrons. The average molecular weight is 227 g/mol. The van der Waals surface area contributed by atoms with Crippen LogP contribution in [0.3, 0.4) is 0 Å². The van der Waals surface area contributed by atoms with E-state index in [9.17, 15) is 8.42 Å². The monoisotopic (exact) mass is 227 g/mol. The number of hydrogen-bond donors (Lipinski definition) is 1. The fraction of sp³-hybridized carbons (Fsp3) is 1.00. The minimum absolute atomic E-state index is 0.0289. The number of ether oxygens (including phenoxy) is 1. The highest BCUT2D eigenvalue weighted by Crippen LogP contribution is 1.89. The van der Waals surface area contributed by atoms with E-state index in [0.29, 0.717) is 0 Å². The van der Waals surface area contributed by atoms with Crippen LogP contribution in [0.5, 0.6) is 0 Å². The Morgan fingerprint density at radius 2 is 1.93 bits per heavy atom. The molecule has 1 rings (SSSR count). The van der Waals surface area contributed by atoms with Gasteiger partial charge in [0.05, 0.1) is 19.8 Å². The predicted molar refractivity (Wildman–Crippen MR) is 51.5 cm³/mol. The van der Waals surface area contributed by atoms with Gasteiger partial charge in [-0.1, -0.05) is 0 Å². The van der Waals surface area contributed by atoms with Gasteiger partial charge in [-0.15, -0.1) is 0 Å². The van der Waals surface area contributed by atoms with E-state index in [0.717, 1.165) is 26.3 Å². The zero-order valence-corrected chi connectivity index (χ0v) is 9.29. The third kappa shape index (κ3) is 9.87. The number of rotatable bonds is 2. The molecular weight excluding hydrogens is 210 g/mol. The van der Waals surface area contributed by atoms with Crippen molar-refractivity contribution in [3.63, 3.8) is 0 Å². The molecule has 0 spiro atoms. The van der Waals surface area contributed by atoms with Crippen LogP contribution in [-0.2, 0) is 19.3 Å². The summed E-state index contributed by atoms with van der Waals surface area (Å²) in [6, 6.07) is 0. The van der Waals surface area contributed by atoms with E-state index in [2.05, 4.69) is 16.1 Å². The third-order valence-electron chi connectivity index (χ3n) is 1.50. The zero-order valence-electron chi connectivity index (χ0n) is 8.47. The van der Waals surface area contributed by atoms with Crippen LogP contribution in [0.1, 0.15) is 6.92 Å². The minimum Gasteiger partial charge on any atom is -0.379 e. The molecule has 1 saturated heterocycles. The lowest BCUT2D eigenvalue weighted by Gasteiger charge is -2.21. The molecule has 0 aromatic carbocycles. The summed E-state index contributed by atoms with van der Waals surface area (Å²) in [6.07, 6.45) is 0. The molecule has 14 heavy (non-hydrogen) atoms. The Hall–Kier alpha value is -0.210. The number of hydrogen-bond acceptors (Lipinski definition) is 5. The highest BCUT2D eigenvalue weighted by atomic mass is 32.3. The summed E-state index contributed by atoms with van der Waals surface area (Å²) >= 11 is 0. The maximum absolute atomic E-state index is 9.56. The van der Waals surface area contributed by atoms with Gasteiger partial charge in [-0.3, -0.25) is 4.55 Å². The van der Waals surface area contributed by atoms with E-state index >= 15 is 0 Å². The van der Waals surface area contributed by atoms with Crippen LogP contribution in [0.25, 0.3) is 0 Å². The molecule has 0 aliphatic carbocycles. The summed E-state index contributed by atoms with van der Waals surface area (Å²) < 4.78 is 35.8. The molecule has 1 aliphatic rings. The van der Waals surface area contributed by atoms with Crippen molar-refractivity contribution in [3.8, 4) is 0 Å². The van der Waals surface area contributed by atoms with Crippen molar-refractivity contribution < 1.29 is 21.9 Å². The highest BCUT2D eigenvalue weighted by Gasteiger charge is 2.02. The zero-order chi connectivity index (χ0) is 11.0. The first kappa shape index (κ1) is 13.8. The lowest BCUT2D eigenvalue weighted by Crippen LogP contribution is -2.32. The van der Waals surface area contributed by atoms with Crippen molar-refractivity contribution in [2.75, 3.05) is 40.0 Å². The van der Waals surface area contributed by atoms with E-state index in [1.807, 2.05) is 0 Å². The molecule has 0 aromatic rings. The van der Waals surface area contributed by atoms with E-state index in [4.69, 9.17) is 9.29 Å². The summed E-state index contributed by atoms with van der Waals surface area (Å²) in [6.45, 7) is 5.46. The van der Waals surface area contributed by atoms with E-state index in [1.54, 1.807) is 0 Å². The van der Waals surface area contributed by atoms with Crippen LogP contribution in [0.2, 0.25) is 0 Å². The largest absolute Gasteiger partial charge is 0.397 e. The summed E-state index contributed by atoms with van der Waals surface area (Å²) in [4.78, 5) is 2.27. The maximum Gasteiger partial charge on any atom is 0.397 e. The first-order valence-corrected chi connectivity index (χ1v) is 5.70. The normalized spacial score (nSPS) is 18.5. The molecule has 0 saturated carbocycles. The Morgan fingerprint density at radius 3 is 2.07 bits per heavy atom. The van der Waals surface area contributed by atoms with Gasteiger partial charge in [0, 0.05) is 13.1 Å². The highest BCUT2D eigenvalue weighted by molar-refractivity contribution is 7.80. The summed E-state index contributed by atoms with van der Waals surface area (Å²) in [7, 11) is -2.06. The van der Waals surface area contributed by atoms with Gasteiger partial charge in [0.15, 0.2) is 0 Å². The molecule has 0 bridgehead atoms. The average Bonchev–Trinajstić information content (AvgIpc) is 2.04. The van der Waals surface area contributed by atoms with Gasteiger partial charge in [-0.2, -0.15) is 8.42 Å². The molecule has 6 nitrogen and oxygen atoms in total. The summed E-state index contributed by atoms with van der Waals surface area (Å²) in [5.41, 5.74) is 0. The first-order chi connectivity index (χ1) is 6.45. The topological polar surface area (TPSA) is 76.1 Å². The summed E-state index contributed by atoms with van der Waals surface area (Å²) in [5, 5.41) is 0. The Kier molecular flexibility index (Phi) is 7.02. The van der Waals surface area contributed by atoms with Gasteiger partial charge < -0.3 is 9.64 Å². The number of morpholine rings is 1. The van der Waals surface area contributed by atoms with Gasteiger partial charge in [0.1, 0.15) is 0 Å². The first-order valence-electron chi connectivity index (χ1n) is 4.34. The quantitative estimate of drug-likeness (QED) is 0.657. The van der Waals surface area contributed by atoms with Crippen molar-refractivity contribution in [1.29, 1.82) is 0 Å². The van der Waals surface area contributed by atoms with Crippen molar-refractivity contribution in [2.24, 2.45) is 0 Å². The Labute approximate surface area is 84.8 Å². The number of likely N-dealkylation sites (N-methyl/N-ethyl adjacent to an activating group) is 1. The Morgan fingerprint density at radius 1 is 1.43 bits per heavy atom. The van der Waals surface area contributed by atoms with E-state index in [1.165, 1.54) is 6.92 Å². The summed E-state index contributed by atoms with van der Waals surface area (Å²) in [5.74, 6) is 0. The van der Waals surface area contributed by atoms with Gasteiger partial charge >= 0.3 is 10.4 Å². The molecule has 0 unspecified atom stereocenters. The van der Waals surface area contributed by atoms with Crippen LogP contribution < -0.4 is 0 Å². The van der Waals surface area contributed by atoms with Crippen LogP contribution in [0.15, 0.2) is 0 Å². The molecule has 1 fully saturated rings. The number of nitrogens with zero attached hydrogens (tertiary/aromatic N) is 1. The van der Waals surface area contributed by atoms with Crippen molar-refractivity contribution in [1.82, 2.24) is 4.90 Å². The molecule has 1 N–H and O–H groups in total. The van der Waals surface area contributed by atoms with Crippen LogP contribution in [0.4, 0.5) is 0 Å². The standard InChI is InChI=1S/C5H11NO.C2H6O4S/c1-6-2-4-7-5-3-6;1-2-6-7(3,4)5/h2-5H2,1H3;2H2,1H3,(H,3,4,5). The fourth-order valence-electron chi connectivity index (χ4n) is 0.804. The van der Waals surface area contributed by atoms with Gasteiger partial charge in [0.2, 0.25) is 0 Å². The smallest absolute Gasteiger partial charge is 0.379 e. The second-order valence-corrected chi connectivity index (χ2v) is 3.84. The lowest BCUT2D eigenvalue weighted by molar-refractivity contribution is 0.0503. The Bertz CT molecular complexity index is 222. The maximum atomic E-state index is 9.56. The molecule has 0 aromatic heterocycles. The SMILES string of the molecule is CCOS(=O)(=O)O.CN1CCOCC1. The van der Waals surface area contributed by atoms with E-state index in [-0.39, 0.29) is 6.61 Å². The second kappa shape index (κ2) is 7.13. The third-order valence-corrected chi connectivity index (χ3v) is 2.04. The van der Waals surface area contributed by atoms with Gasteiger partial charge in [-0.05, 0) is 14.0 Å². The molecule has 1 heterocycles. The lowest BCUT2D eigenvalue weighted by atomic mass is 10.5. The Balaban J connectivity index is 0.000000241. The predicted octanol–water partition coefficient (Wildman–Crippen LogP) is -0.226. The molecule has 7 heteroatoms. The van der Waals surface area contributed by atoms with Crippen LogP contribution in [0, 0.1) is 0 Å². The molecule has 1 aliphatic heterocycles. The van der Waals surface area contributed by atoms with Crippen molar-refractivity contribution in [2.45, 2.75) is 6.92 Å². The van der Waals surface area contributed by atoms with Gasteiger partial charge in [-0.25, -0.2) is 4.18 Å². The van der Waals surface area contributed by atoms with Crippen molar-refractivity contribution >= 4 is 10.4 Å². The fourth-order valence-corrected chi connectivity index (χ4v) is 1.10. The van der Waals surface area contributed by atoms with Gasteiger partial charge in [0.25, 0.3) is 0 Å². The molecular formula is C7H17NO5S. The van der Waals surface area contributed by atoms with Crippen LogP contribution >= 0.6 is 0 Å². The van der Waals surface area contributed by atoms with Crippen molar-refractivity contribution in [3.05, 3.63) is 0 Å².